The minimum absolute atomic E-state index is 0.299. The summed E-state index contributed by atoms with van der Waals surface area (Å²) in [5.41, 5.74) is 3.76. The summed E-state index contributed by atoms with van der Waals surface area (Å²) in [6, 6.07) is 15.8. The molecule has 0 aliphatic heterocycles. The number of rotatable bonds is 4. The van der Waals surface area contributed by atoms with Crippen LogP contribution >= 0.6 is 0 Å². The van der Waals surface area contributed by atoms with Gasteiger partial charge in [-0.1, -0.05) is 18.2 Å². The number of hydrogen-bond acceptors (Lipinski definition) is 4. The lowest BCUT2D eigenvalue weighted by atomic mass is 10.1. The molecule has 4 rings (SSSR count). The van der Waals surface area contributed by atoms with Gasteiger partial charge in [0.1, 0.15) is 11.6 Å². The number of phenolic OH excluding ortho intramolecular Hbond substituents is 1. The molecule has 0 saturated carbocycles. The summed E-state index contributed by atoms with van der Waals surface area (Å²) >= 11 is 0. The number of phenols is 1. The van der Waals surface area contributed by atoms with E-state index in [1.54, 1.807) is 12.3 Å². The first-order valence-electron chi connectivity index (χ1n) is 8.47. The number of aromatic nitrogens is 3. The molecule has 0 spiro atoms. The Morgan fingerprint density at radius 2 is 1.88 bits per heavy atom. The summed E-state index contributed by atoms with van der Waals surface area (Å²) in [4.78, 5) is 11.1. The first kappa shape index (κ1) is 16.3. The van der Waals surface area contributed by atoms with Crippen molar-refractivity contribution in [3.05, 3.63) is 72.7 Å². The van der Waals surface area contributed by atoms with E-state index in [0.717, 1.165) is 33.5 Å². The fraction of sp³-hybridized carbons (Fsp3) is 0.143. The fourth-order valence-electron chi connectivity index (χ4n) is 3.11. The largest absolute Gasteiger partial charge is 0.508 e. The fourth-order valence-corrected chi connectivity index (χ4v) is 3.11. The highest BCUT2D eigenvalue weighted by atomic mass is 16.3. The van der Waals surface area contributed by atoms with Gasteiger partial charge in [-0.25, -0.2) is 4.98 Å². The normalized spacial score (nSPS) is 11.3. The molecule has 2 aromatic carbocycles. The van der Waals surface area contributed by atoms with Gasteiger partial charge in [-0.3, -0.25) is 9.55 Å². The first-order valence-corrected chi connectivity index (χ1v) is 8.47. The third-order valence-corrected chi connectivity index (χ3v) is 4.32. The number of pyridine rings is 1. The average molecular weight is 344 g/mol. The maximum atomic E-state index is 10.1. The highest BCUT2D eigenvalue weighted by Gasteiger charge is 2.12. The summed E-state index contributed by atoms with van der Waals surface area (Å²) in [5.74, 6) is 1.12. The zero-order valence-corrected chi connectivity index (χ0v) is 14.8. The maximum Gasteiger partial charge on any atom is 0.144 e. The van der Waals surface area contributed by atoms with Gasteiger partial charge >= 0.3 is 0 Å². The van der Waals surface area contributed by atoms with Crippen LogP contribution in [0.4, 0.5) is 0 Å². The zero-order chi connectivity index (χ0) is 18.1. The second kappa shape index (κ2) is 6.61. The van der Waals surface area contributed by atoms with Crippen LogP contribution < -0.4 is 0 Å². The van der Waals surface area contributed by atoms with Gasteiger partial charge in [0.05, 0.1) is 17.4 Å². The van der Waals surface area contributed by atoms with E-state index in [1.807, 2.05) is 66.3 Å². The van der Waals surface area contributed by atoms with Crippen molar-refractivity contribution in [2.75, 3.05) is 14.1 Å². The number of imidazole rings is 1. The van der Waals surface area contributed by atoms with Crippen molar-refractivity contribution in [1.29, 1.82) is 0 Å². The van der Waals surface area contributed by atoms with Crippen LogP contribution in [0.15, 0.2) is 67.1 Å². The molecule has 0 aliphatic carbocycles. The summed E-state index contributed by atoms with van der Waals surface area (Å²) in [6.07, 6.45) is 5.57. The molecular weight excluding hydrogens is 324 g/mol. The molecule has 26 heavy (non-hydrogen) atoms. The molecule has 130 valence electrons. The SMILES string of the molecule is CN(C)Cc1cc(-c2nccn2-c2cnc3ccccc3c2)ccc1O. The van der Waals surface area contributed by atoms with E-state index in [4.69, 9.17) is 0 Å². The molecule has 5 nitrogen and oxygen atoms in total. The molecule has 0 amide bonds. The van der Waals surface area contributed by atoms with Crippen molar-refractivity contribution in [2.24, 2.45) is 0 Å². The third kappa shape index (κ3) is 3.05. The van der Waals surface area contributed by atoms with Crippen molar-refractivity contribution in [1.82, 2.24) is 19.4 Å². The van der Waals surface area contributed by atoms with Crippen molar-refractivity contribution in [3.8, 4) is 22.8 Å². The number of para-hydroxylation sites is 1. The number of benzene rings is 2. The first-order chi connectivity index (χ1) is 12.6. The van der Waals surface area contributed by atoms with E-state index in [0.29, 0.717) is 12.3 Å². The molecular formula is C21H20N4O. The van der Waals surface area contributed by atoms with E-state index < -0.39 is 0 Å². The minimum atomic E-state index is 0.299. The van der Waals surface area contributed by atoms with Crippen LogP contribution in [-0.2, 0) is 6.54 Å². The maximum absolute atomic E-state index is 10.1. The van der Waals surface area contributed by atoms with Gasteiger partial charge in [-0.2, -0.15) is 0 Å². The van der Waals surface area contributed by atoms with Gasteiger partial charge in [-0.15, -0.1) is 0 Å². The van der Waals surface area contributed by atoms with Crippen LogP contribution in [0, 0.1) is 0 Å². The molecule has 0 unspecified atom stereocenters. The van der Waals surface area contributed by atoms with E-state index in [-0.39, 0.29) is 0 Å². The summed E-state index contributed by atoms with van der Waals surface area (Å²) in [6.45, 7) is 0.665. The third-order valence-electron chi connectivity index (χ3n) is 4.32. The van der Waals surface area contributed by atoms with Gasteiger partial charge < -0.3 is 10.0 Å². The van der Waals surface area contributed by atoms with Crippen LogP contribution in [0.2, 0.25) is 0 Å². The van der Waals surface area contributed by atoms with Gasteiger partial charge in [0.15, 0.2) is 0 Å². The predicted octanol–water partition coefficient (Wildman–Crippen LogP) is 3.85. The molecule has 4 aromatic rings. The molecule has 5 heteroatoms. The molecule has 0 radical (unpaired) electrons. The Kier molecular flexibility index (Phi) is 4.14. The van der Waals surface area contributed by atoms with Crippen LogP contribution in [0.1, 0.15) is 5.56 Å². The number of fused-ring (bicyclic) bond motifs is 1. The Morgan fingerprint density at radius 1 is 1.04 bits per heavy atom. The topological polar surface area (TPSA) is 54.2 Å². The summed E-state index contributed by atoms with van der Waals surface area (Å²) < 4.78 is 2.02. The van der Waals surface area contributed by atoms with E-state index >= 15 is 0 Å². The Balaban J connectivity index is 1.79. The van der Waals surface area contributed by atoms with Crippen LogP contribution in [0.5, 0.6) is 5.75 Å². The van der Waals surface area contributed by atoms with Gasteiger partial charge in [0, 0.05) is 35.5 Å². The lowest BCUT2D eigenvalue weighted by Crippen LogP contribution is -2.11. The highest BCUT2D eigenvalue weighted by Crippen LogP contribution is 2.28. The standard InChI is InChI=1S/C21H20N4O/c1-24(2)14-17-11-16(7-8-20(17)26)21-22-9-10-25(21)18-12-15-5-3-4-6-19(15)23-13-18/h3-13,26H,14H2,1-2H3. The Hall–Kier alpha value is -3.18. The van der Waals surface area contributed by atoms with Crippen LogP contribution in [0.25, 0.3) is 28.0 Å². The van der Waals surface area contributed by atoms with E-state index in [2.05, 4.69) is 22.1 Å². The van der Waals surface area contributed by atoms with E-state index in [1.165, 1.54) is 0 Å². The molecule has 2 heterocycles. The lowest BCUT2D eigenvalue weighted by Gasteiger charge is -2.13. The number of nitrogens with zero attached hydrogens (tertiary/aromatic N) is 4. The van der Waals surface area contributed by atoms with E-state index in [9.17, 15) is 5.11 Å². The smallest absolute Gasteiger partial charge is 0.144 e. The van der Waals surface area contributed by atoms with Gasteiger partial charge in [-0.05, 0) is 44.4 Å². The lowest BCUT2D eigenvalue weighted by molar-refractivity contribution is 0.386. The monoisotopic (exact) mass is 344 g/mol. The molecule has 0 fully saturated rings. The molecule has 0 aliphatic rings. The predicted molar refractivity (Wildman–Crippen MR) is 103 cm³/mol. The van der Waals surface area contributed by atoms with Crippen molar-refractivity contribution < 1.29 is 5.11 Å². The minimum Gasteiger partial charge on any atom is -0.508 e. The Labute approximate surface area is 152 Å². The molecule has 1 N–H and O–H groups in total. The highest BCUT2D eigenvalue weighted by molar-refractivity contribution is 5.80. The second-order valence-electron chi connectivity index (χ2n) is 6.59. The summed E-state index contributed by atoms with van der Waals surface area (Å²) in [7, 11) is 3.96. The van der Waals surface area contributed by atoms with Crippen molar-refractivity contribution in [3.63, 3.8) is 0 Å². The van der Waals surface area contributed by atoms with Gasteiger partial charge in [0.25, 0.3) is 0 Å². The molecule has 0 saturated heterocycles. The van der Waals surface area contributed by atoms with Crippen LogP contribution in [-0.4, -0.2) is 38.6 Å². The zero-order valence-electron chi connectivity index (χ0n) is 14.8. The summed E-state index contributed by atoms with van der Waals surface area (Å²) in [5, 5.41) is 11.2. The number of hydrogen-bond donors (Lipinski definition) is 1. The van der Waals surface area contributed by atoms with Crippen LogP contribution in [0.3, 0.4) is 0 Å². The van der Waals surface area contributed by atoms with Crippen molar-refractivity contribution >= 4 is 10.9 Å². The molecule has 0 atom stereocenters. The average Bonchev–Trinajstić information content (AvgIpc) is 3.12. The van der Waals surface area contributed by atoms with Gasteiger partial charge in [0.2, 0.25) is 0 Å². The molecule has 2 aromatic heterocycles. The molecule has 0 bridgehead atoms. The quantitative estimate of drug-likeness (QED) is 0.611. The van der Waals surface area contributed by atoms with Crippen molar-refractivity contribution in [2.45, 2.75) is 6.54 Å². The Morgan fingerprint density at radius 3 is 2.73 bits per heavy atom. The Bertz CT molecular complexity index is 1070. The number of aromatic hydroxyl groups is 1. The second-order valence-corrected chi connectivity index (χ2v) is 6.59.